The molecule has 0 bridgehead atoms. The van der Waals surface area contributed by atoms with Gasteiger partial charge in [-0.3, -0.25) is 15.5 Å². The van der Waals surface area contributed by atoms with Crippen LogP contribution in [-0.2, 0) is 9.53 Å². The number of benzene rings is 2. The van der Waals surface area contributed by atoms with Gasteiger partial charge in [0.1, 0.15) is 12.5 Å². The highest BCUT2D eigenvalue weighted by molar-refractivity contribution is 5.92. The lowest BCUT2D eigenvalue weighted by atomic mass is 10.0. The van der Waals surface area contributed by atoms with Crippen molar-refractivity contribution in [1.82, 2.24) is 15.2 Å². The molecule has 38 heavy (non-hydrogen) atoms. The Labute approximate surface area is 222 Å². The maximum atomic E-state index is 12.4. The average Bonchev–Trinajstić information content (AvgIpc) is 3.77. The molecular weight excluding hydrogens is 480 g/mol. The number of aromatic nitrogens is 1. The van der Waals surface area contributed by atoms with Gasteiger partial charge in [-0.05, 0) is 92.9 Å². The molecule has 1 atom stereocenters. The Hall–Kier alpha value is -3.55. The molecule has 1 saturated heterocycles. The molecule has 1 saturated carbocycles. The van der Waals surface area contributed by atoms with Crippen LogP contribution in [0.15, 0.2) is 54.7 Å². The van der Waals surface area contributed by atoms with E-state index in [9.17, 15) is 4.79 Å². The van der Waals surface area contributed by atoms with Crippen molar-refractivity contribution in [2.24, 2.45) is 5.73 Å². The number of hydrogen-bond acceptors (Lipinski definition) is 8. The molecule has 1 aliphatic carbocycles. The van der Waals surface area contributed by atoms with E-state index in [2.05, 4.69) is 32.7 Å². The number of carbonyl (C=O) groups excluding carboxylic acids is 1. The van der Waals surface area contributed by atoms with Crippen molar-refractivity contribution in [2.75, 3.05) is 38.2 Å². The molecule has 3 aromatic rings. The number of nitriles is 1. The molecule has 9 nitrogen and oxygen atoms in total. The van der Waals surface area contributed by atoms with E-state index in [1.165, 1.54) is 0 Å². The van der Waals surface area contributed by atoms with E-state index in [-0.39, 0.29) is 25.3 Å². The summed E-state index contributed by atoms with van der Waals surface area (Å²) in [5, 5.41) is 16.2. The zero-order valence-corrected chi connectivity index (χ0v) is 21.4. The summed E-state index contributed by atoms with van der Waals surface area (Å²) in [4.78, 5) is 19.4. The first-order chi connectivity index (χ1) is 18.6. The maximum absolute atomic E-state index is 12.4. The van der Waals surface area contributed by atoms with Gasteiger partial charge in [-0.15, -0.1) is 0 Å². The molecule has 1 aromatic heterocycles. The van der Waals surface area contributed by atoms with Crippen LogP contribution in [0.1, 0.15) is 42.9 Å². The average molecular weight is 515 g/mol. The molecule has 1 unspecified atom stereocenters. The molecule has 1 aliphatic heterocycles. The Bertz CT molecular complexity index is 1280. The molecule has 9 heteroatoms. The van der Waals surface area contributed by atoms with E-state index < -0.39 is 0 Å². The highest BCUT2D eigenvalue weighted by Gasteiger charge is 2.30. The number of rotatable bonds is 11. The zero-order chi connectivity index (χ0) is 26.3. The summed E-state index contributed by atoms with van der Waals surface area (Å²) in [5.74, 6) is 0.645. The largest absolute Gasteiger partial charge is 0.479 e. The highest BCUT2D eigenvalue weighted by Crippen LogP contribution is 2.35. The minimum atomic E-state index is -0.0856. The fourth-order valence-corrected chi connectivity index (χ4v) is 4.89. The van der Waals surface area contributed by atoms with Gasteiger partial charge in [0.15, 0.2) is 0 Å². The minimum absolute atomic E-state index is 0.0520. The molecule has 2 heterocycles. The topological polar surface area (TPSA) is 126 Å². The second kappa shape index (κ2) is 12.3. The summed E-state index contributed by atoms with van der Waals surface area (Å²) in [5.41, 5.74) is 8.89. The van der Waals surface area contributed by atoms with Crippen molar-refractivity contribution in [3.63, 3.8) is 0 Å². The van der Waals surface area contributed by atoms with Crippen LogP contribution in [-0.4, -0.2) is 60.8 Å². The van der Waals surface area contributed by atoms with E-state index in [4.69, 9.17) is 20.5 Å². The summed E-state index contributed by atoms with van der Waals surface area (Å²) < 4.78 is 12.1. The Balaban J connectivity index is 1.15. The summed E-state index contributed by atoms with van der Waals surface area (Å²) in [6, 6.07) is 17.2. The van der Waals surface area contributed by atoms with Gasteiger partial charge in [0.05, 0.1) is 35.9 Å². The second-order valence-corrected chi connectivity index (χ2v) is 9.91. The second-order valence-electron chi connectivity index (χ2n) is 9.91. The molecule has 198 valence electrons. The number of nitrogens with zero attached hydrogens (tertiary/aromatic N) is 3. The maximum Gasteiger partial charge on any atom is 0.238 e. The molecule has 0 radical (unpaired) electrons. The van der Waals surface area contributed by atoms with Crippen molar-refractivity contribution in [3.05, 3.63) is 65.9 Å². The molecule has 2 aliphatic rings. The predicted octanol–water partition coefficient (Wildman–Crippen LogP) is 3.31. The fourth-order valence-electron chi connectivity index (χ4n) is 4.89. The number of piperidine rings is 1. The van der Waals surface area contributed by atoms with E-state index in [1.807, 2.05) is 24.4 Å². The standard InChI is InChI=1S/C29H34N6O3/c30-16-20-1-3-22(4-2-20)34-29(36)17-33-21-10-13-35(14-11-21)18-28(38-23-5-6-23)25-9-12-32-27-8-7-24(37-19-31)15-26(25)27/h1-4,7-9,12,15,21,23,28,33H,5-6,10-11,13-14,17-19,31H2,(H,34,36). The quantitative estimate of drug-likeness (QED) is 0.333. The summed E-state index contributed by atoms with van der Waals surface area (Å²) in [7, 11) is 0. The molecular formula is C29H34N6O3. The first-order valence-corrected chi connectivity index (χ1v) is 13.2. The number of ether oxygens (including phenoxy) is 2. The Morgan fingerprint density at radius 3 is 2.63 bits per heavy atom. The van der Waals surface area contributed by atoms with E-state index in [1.54, 1.807) is 24.3 Å². The number of pyridine rings is 1. The van der Waals surface area contributed by atoms with Gasteiger partial charge >= 0.3 is 0 Å². The summed E-state index contributed by atoms with van der Waals surface area (Å²) >= 11 is 0. The smallest absolute Gasteiger partial charge is 0.238 e. The third kappa shape index (κ3) is 6.85. The molecule has 2 aromatic carbocycles. The minimum Gasteiger partial charge on any atom is -0.479 e. The van der Waals surface area contributed by atoms with Crippen LogP contribution in [0.4, 0.5) is 5.69 Å². The number of hydrogen-bond donors (Lipinski definition) is 3. The van der Waals surface area contributed by atoms with E-state index in [0.29, 0.717) is 23.4 Å². The zero-order valence-electron chi connectivity index (χ0n) is 21.4. The Morgan fingerprint density at radius 2 is 1.92 bits per heavy atom. The fraction of sp³-hybridized carbons (Fsp3) is 0.414. The van der Waals surface area contributed by atoms with Crippen LogP contribution in [0.2, 0.25) is 0 Å². The van der Waals surface area contributed by atoms with Gasteiger partial charge in [0.2, 0.25) is 5.91 Å². The molecule has 0 spiro atoms. The Morgan fingerprint density at radius 1 is 1.13 bits per heavy atom. The molecule has 2 fully saturated rings. The number of nitrogens with one attached hydrogen (secondary N) is 2. The lowest BCUT2D eigenvalue weighted by Crippen LogP contribution is -2.45. The highest BCUT2D eigenvalue weighted by atomic mass is 16.5. The van der Waals surface area contributed by atoms with Crippen LogP contribution < -0.4 is 21.1 Å². The van der Waals surface area contributed by atoms with E-state index in [0.717, 1.165) is 67.5 Å². The molecule has 5 rings (SSSR count). The normalized spacial score (nSPS) is 17.2. The lowest BCUT2D eigenvalue weighted by Gasteiger charge is -2.35. The van der Waals surface area contributed by atoms with Crippen molar-refractivity contribution < 1.29 is 14.3 Å². The third-order valence-electron chi connectivity index (χ3n) is 7.09. The van der Waals surface area contributed by atoms with Crippen LogP contribution in [0.3, 0.4) is 0 Å². The van der Waals surface area contributed by atoms with Crippen molar-refractivity contribution in [2.45, 2.75) is 43.9 Å². The number of fused-ring (bicyclic) bond motifs is 1. The van der Waals surface area contributed by atoms with Crippen LogP contribution in [0.5, 0.6) is 5.75 Å². The van der Waals surface area contributed by atoms with Gasteiger partial charge in [-0.25, -0.2) is 0 Å². The first kappa shape index (κ1) is 26.1. The number of amides is 1. The van der Waals surface area contributed by atoms with Crippen molar-refractivity contribution in [1.29, 1.82) is 5.26 Å². The van der Waals surface area contributed by atoms with Gasteiger partial charge < -0.3 is 25.0 Å². The predicted molar refractivity (Wildman–Crippen MR) is 146 cm³/mol. The van der Waals surface area contributed by atoms with Crippen molar-refractivity contribution >= 4 is 22.5 Å². The lowest BCUT2D eigenvalue weighted by molar-refractivity contribution is -0.115. The summed E-state index contributed by atoms with van der Waals surface area (Å²) in [6.07, 6.45) is 6.26. The van der Waals surface area contributed by atoms with Gasteiger partial charge in [-0.2, -0.15) is 5.26 Å². The van der Waals surface area contributed by atoms with Crippen molar-refractivity contribution in [3.8, 4) is 11.8 Å². The van der Waals surface area contributed by atoms with Crippen LogP contribution in [0.25, 0.3) is 10.9 Å². The number of anilines is 1. The van der Waals surface area contributed by atoms with E-state index >= 15 is 0 Å². The summed E-state index contributed by atoms with van der Waals surface area (Å²) in [6.45, 7) is 3.06. The molecule has 1 amide bonds. The Kier molecular flexibility index (Phi) is 8.46. The van der Waals surface area contributed by atoms with Crippen LogP contribution >= 0.6 is 0 Å². The van der Waals surface area contributed by atoms with Gasteiger partial charge in [0, 0.05) is 29.9 Å². The third-order valence-corrected chi connectivity index (χ3v) is 7.09. The van der Waals surface area contributed by atoms with Gasteiger partial charge in [-0.1, -0.05) is 0 Å². The number of nitrogens with two attached hydrogens (primary N) is 1. The first-order valence-electron chi connectivity index (χ1n) is 13.2. The van der Waals surface area contributed by atoms with Gasteiger partial charge in [0.25, 0.3) is 0 Å². The molecule has 4 N–H and O–H groups in total. The monoisotopic (exact) mass is 514 g/mol. The number of carbonyl (C=O) groups is 1. The van der Waals surface area contributed by atoms with Crippen LogP contribution in [0, 0.1) is 11.3 Å². The number of likely N-dealkylation sites (tertiary alicyclic amines) is 1. The SMILES string of the molecule is N#Cc1ccc(NC(=O)CNC2CCN(CC(OC3CC3)c3ccnc4ccc(OCN)cc34)CC2)cc1.